The van der Waals surface area contributed by atoms with E-state index >= 15 is 0 Å². The second kappa shape index (κ2) is 6.35. The van der Waals surface area contributed by atoms with Crippen LogP contribution in [0.5, 0.6) is 5.75 Å². The summed E-state index contributed by atoms with van der Waals surface area (Å²) in [6.07, 6.45) is 1.56. The topological polar surface area (TPSA) is 78.2 Å². The molecule has 0 unspecified atom stereocenters. The molecule has 1 aromatic heterocycles. The SMILES string of the molecule is O=[N+]([O-])c1ccc(-c2cnc3c(OCCF)cccc3n2)cc1. The summed E-state index contributed by atoms with van der Waals surface area (Å²) in [5, 5.41) is 10.7. The Kier molecular flexibility index (Phi) is 4.09. The summed E-state index contributed by atoms with van der Waals surface area (Å²) in [7, 11) is 0. The van der Waals surface area contributed by atoms with Gasteiger partial charge in [-0.15, -0.1) is 0 Å². The molecule has 3 aromatic rings. The lowest BCUT2D eigenvalue weighted by Crippen LogP contribution is -2.00. The molecule has 23 heavy (non-hydrogen) atoms. The Labute approximate surface area is 130 Å². The lowest BCUT2D eigenvalue weighted by molar-refractivity contribution is -0.384. The number of fused-ring (bicyclic) bond motifs is 1. The van der Waals surface area contributed by atoms with Gasteiger partial charge in [-0.1, -0.05) is 6.07 Å². The van der Waals surface area contributed by atoms with E-state index in [1.54, 1.807) is 36.5 Å². The zero-order valence-corrected chi connectivity index (χ0v) is 12.0. The molecular weight excluding hydrogens is 301 g/mol. The van der Waals surface area contributed by atoms with E-state index in [2.05, 4.69) is 9.97 Å². The van der Waals surface area contributed by atoms with Crippen molar-refractivity contribution in [3.05, 3.63) is 58.8 Å². The molecule has 0 amide bonds. The molecule has 0 saturated heterocycles. The summed E-state index contributed by atoms with van der Waals surface area (Å²) < 4.78 is 17.5. The van der Waals surface area contributed by atoms with Crippen molar-refractivity contribution in [1.29, 1.82) is 0 Å². The van der Waals surface area contributed by atoms with Crippen molar-refractivity contribution in [2.75, 3.05) is 13.3 Å². The van der Waals surface area contributed by atoms with E-state index in [9.17, 15) is 14.5 Å². The summed E-state index contributed by atoms with van der Waals surface area (Å²) in [5.74, 6) is 0.475. The van der Waals surface area contributed by atoms with Crippen LogP contribution in [-0.4, -0.2) is 28.2 Å². The Balaban J connectivity index is 1.98. The van der Waals surface area contributed by atoms with E-state index < -0.39 is 11.6 Å². The molecule has 0 atom stereocenters. The van der Waals surface area contributed by atoms with Crippen molar-refractivity contribution < 1.29 is 14.1 Å². The first-order chi connectivity index (χ1) is 11.2. The highest BCUT2D eigenvalue weighted by Gasteiger charge is 2.09. The number of non-ortho nitro benzene ring substituents is 1. The fourth-order valence-corrected chi connectivity index (χ4v) is 2.17. The van der Waals surface area contributed by atoms with E-state index in [4.69, 9.17) is 4.74 Å². The van der Waals surface area contributed by atoms with Crippen molar-refractivity contribution in [2.24, 2.45) is 0 Å². The quantitative estimate of drug-likeness (QED) is 0.531. The number of rotatable bonds is 5. The van der Waals surface area contributed by atoms with Crippen LogP contribution in [0.3, 0.4) is 0 Å². The number of nitrogens with zero attached hydrogens (tertiary/aromatic N) is 3. The Bertz CT molecular complexity index is 853. The average Bonchev–Trinajstić information content (AvgIpc) is 2.59. The summed E-state index contributed by atoms with van der Waals surface area (Å²) in [6.45, 7) is -0.615. The van der Waals surface area contributed by atoms with Crippen LogP contribution in [0.25, 0.3) is 22.3 Å². The van der Waals surface area contributed by atoms with E-state index in [1.807, 2.05) is 0 Å². The van der Waals surface area contributed by atoms with E-state index in [1.165, 1.54) is 12.1 Å². The molecule has 6 nitrogen and oxygen atoms in total. The molecule has 116 valence electrons. The maximum atomic E-state index is 12.2. The lowest BCUT2D eigenvalue weighted by atomic mass is 10.1. The monoisotopic (exact) mass is 313 g/mol. The Morgan fingerprint density at radius 3 is 2.65 bits per heavy atom. The first-order valence-electron chi connectivity index (χ1n) is 6.88. The number of nitro groups is 1. The smallest absolute Gasteiger partial charge is 0.269 e. The Morgan fingerprint density at radius 1 is 1.17 bits per heavy atom. The molecule has 0 N–H and O–H groups in total. The number of hydrogen-bond donors (Lipinski definition) is 0. The summed E-state index contributed by atoms with van der Waals surface area (Å²) >= 11 is 0. The molecule has 0 radical (unpaired) electrons. The highest BCUT2D eigenvalue weighted by molar-refractivity contribution is 5.82. The number of para-hydroxylation sites is 1. The Hall–Kier alpha value is -3.09. The standard InChI is InChI=1S/C16H12FN3O3/c17-8-9-23-15-3-1-2-13-16(15)18-10-14(19-13)11-4-6-12(7-5-11)20(21)22/h1-7,10H,8-9H2. The van der Waals surface area contributed by atoms with Crippen LogP contribution >= 0.6 is 0 Å². The number of halogens is 1. The summed E-state index contributed by atoms with van der Waals surface area (Å²) in [5.41, 5.74) is 2.49. The highest BCUT2D eigenvalue weighted by Crippen LogP contribution is 2.26. The number of alkyl halides is 1. The molecule has 7 heteroatoms. The molecule has 3 rings (SSSR count). The van der Waals surface area contributed by atoms with Gasteiger partial charge in [0.2, 0.25) is 0 Å². The third-order valence-corrected chi connectivity index (χ3v) is 3.24. The van der Waals surface area contributed by atoms with Gasteiger partial charge in [-0.05, 0) is 24.3 Å². The zero-order chi connectivity index (χ0) is 16.2. The minimum absolute atomic E-state index is 0.0180. The molecular formula is C16H12FN3O3. The maximum absolute atomic E-state index is 12.2. The van der Waals surface area contributed by atoms with Crippen LogP contribution in [0, 0.1) is 10.1 Å². The van der Waals surface area contributed by atoms with Gasteiger partial charge in [0.1, 0.15) is 24.5 Å². The average molecular weight is 313 g/mol. The number of benzene rings is 2. The highest BCUT2D eigenvalue weighted by atomic mass is 19.1. The fourth-order valence-electron chi connectivity index (χ4n) is 2.17. The van der Waals surface area contributed by atoms with Crippen LogP contribution in [0.1, 0.15) is 0 Å². The fraction of sp³-hybridized carbons (Fsp3) is 0.125. The van der Waals surface area contributed by atoms with Gasteiger partial charge >= 0.3 is 0 Å². The maximum Gasteiger partial charge on any atom is 0.269 e. The molecule has 2 aromatic carbocycles. The zero-order valence-electron chi connectivity index (χ0n) is 12.0. The second-order valence-electron chi connectivity index (χ2n) is 4.72. The van der Waals surface area contributed by atoms with Crippen molar-refractivity contribution >= 4 is 16.7 Å². The molecule has 0 aliphatic heterocycles. The number of nitro benzene ring substituents is 1. The van der Waals surface area contributed by atoms with Gasteiger partial charge in [0.15, 0.2) is 0 Å². The van der Waals surface area contributed by atoms with Crippen molar-refractivity contribution in [3.63, 3.8) is 0 Å². The minimum Gasteiger partial charge on any atom is -0.489 e. The molecule has 0 bridgehead atoms. The summed E-state index contributed by atoms with van der Waals surface area (Å²) in [6, 6.07) is 11.3. The van der Waals surface area contributed by atoms with Gasteiger partial charge in [0, 0.05) is 17.7 Å². The van der Waals surface area contributed by atoms with Crippen LogP contribution in [0.2, 0.25) is 0 Å². The van der Waals surface area contributed by atoms with Crippen molar-refractivity contribution in [1.82, 2.24) is 9.97 Å². The van der Waals surface area contributed by atoms with Crippen LogP contribution < -0.4 is 4.74 Å². The number of aromatic nitrogens is 2. The molecule has 0 saturated carbocycles. The number of hydrogen-bond acceptors (Lipinski definition) is 5. The molecule has 0 fully saturated rings. The van der Waals surface area contributed by atoms with Gasteiger partial charge in [-0.2, -0.15) is 0 Å². The first-order valence-corrected chi connectivity index (χ1v) is 6.88. The van der Waals surface area contributed by atoms with Crippen LogP contribution in [0.15, 0.2) is 48.7 Å². The number of ether oxygens (including phenoxy) is 1. The van der Waals surface area contributed by atoms with E-state index in [0.717, 1.165) is 5.56 Å². The van der Waals surface area contributed by atoms with Crippen molar-refractivity contribution in [3.8, 4) is 17.0 Å². The van der Waals surface area contributed by atoms with Gasteiger partial charge in [0.25, 0.3) is 5.69 Å². The van der Waals surface area contributed by atoms with Gasteiger partial charge < -0.3 is 4.74 Å². The van der Waals surface area contributed by atoms with Crippen LogP contribution in [-0.2, 0) is 0 Å². The first kappa shape index (κ1) is 14.8. The van der Waals surface area contributed by atoms with Crippen LogP contribution in [0.4, 0.5) is 10.1 Å². The van der Waals surface area contributed by atoms with E-state index in [0.29, 0.717) is 22.5 Å². The van der Waals surface area contributed by atoms with Crippen molar-refractivity contribution in [2.45, 2.75) is 0 Å². The molecule has 0 aliphatic rings. The molecule has 0 spiro atoms. The summed E-state index contributed by atoms with van der Waals surface area (Å²) in [4.78, 5) is 19.0. The largest absolute Gasteiger partial charge is 0.489 e. The molecule has 0 aliphatic carbocycles. The second-order valence-corrected chi connectivity index (χ2v) is 4.72. The van der Waals surface area contributed by atoms with Gasteiger partial charge in [-0.3, -0.25) is 10.1 Å². The third-order valence-electron chi connectivity index (χ3n) is 3.24. The third kappa shape index (κ3) is 3.08. The normalized spacial score (nSPS) is 10.7. The minimum atomic E-state index is -0.579. The van der Waals surface area contributed by atoms with Gasteiger partial charge in [-0.25, -0.2) is 14.4 Å². The Morgan fingerprint density at radius 2 is 1.96 bits per heavy atom. The predicted molar refractivity (Wildman–Crippen MR) is 83.1 cm³/mol. The predicted octanol–water partition coefficient (Wildman–Crippen LogP) is 3.55. The van der Waals surface area contributed by atoms with E-state index in [-0.39, 0.29) is 12.3 Å². The lowest BCUT2D eigenvalue weighted by Gasteiger charge is -2.07. The molecule has 1 heterocycles. The van der Waals surface area contributed by atoms with Gasteiger partial charge in [0.05, 0.1) is 22.3 Å².